The number of esters is 2. The molecule has 2 unspecified atom stereocenters. The second kappa shape index (κ2) is 30.8. The van der Waals surface area contributed by atoms with Gasteiger partial charge in [0.25, 0.3) is 11.1 Å². The first-order chi connectivity index (χ1) is 33.7. The van der Waals surface area contributed by atoms with E-state index in [1.165, 1.54) is 75.2 Å². The second-order valence-electron chi connectivity index (χ2n) is 19.7. The summed E-state index contributed by atoms with van der Waals surface area (Å²) in [6.45, 7) is 17.5. The van der Waals surface area contributed by atoms with Gasteiger partial charge >= 0.3 is 219 Å². The number of amides is 2. The van der Waals surface area contributed by atoms with Crippen molar-refractivity contribution in [1.29, 1.82) is 0 Å². The Bertz CT molecular complexity index is 2440. The van der Waals surface area contributed by atoms with Crippen LogP contribution in [-0.4, -0.2) is 89.1 Å². The van der Waals surface area contributed by atoms with Crippen LogP contribution in [-0.2, 0) is 55.5 Å². The summed E-state index contributed by atoms with van der Waals surface area (Å²) in [5, 5.41) is 6.22. The Morgan fingerprint density at radius 2 is 1.00 bits per heavy atom. The van der Waals surface area contributed by atoms with Gasteiger partial charge in [0.05, 0.1) is 21.6 Å². The first kappa shape index (κ1) is 63.8. The molecule has 0 fully saturated rings. The number of unbranched alkanes of at least 4 members (excludes halogenated alkanes) is 3. The molecule has 2 N–H and O–H groups in total. The molecule has 4 aromatic rings. The summed E-state index contributed by atoms with van der Waals surface area (Å²) in [5.41, 5.74) is 1.42. The number of methoxy groups -OCH3 is 2. The molecule has 2 atom stereocenters. The molecule has 0 spiro atoms. The third-order valence-electron chi connectivity index (χ3n) is 11.3. The van der Waals surface area contributed by atoms with Crippen LogP contribution >= 0.6 is 39.1 Å². The summed E-state index contributed by atoms with van der Waals surface area (Å²) in [5.74, 6) is -1.05. The van der Waals surface area contributed by atoms with Crippen molar-refractivity contribution in [1.82, 2.24) is 19.8 Å². The Kier molecular flexibility index (Phi) is 27.3. The zero-order valence-corrected chi connectivity index (χ0v) is 50.4. The molecule has 18 heteroatoms. The third kappa shape index (κ3) is 22.4. The monoisotopic (exact) mass is 1210 g/mol. The van der Waals surface area contributed by atoms with Crippen molar-refractivity contribution in [2.75, 3.05) is 14.2 Å². The number of hydrogen-bond donors (Lipinski definition) is 2. The number of benzene rings is 2. The van der Waals surface area contributed by atoms with E-state index in [0.29, 0.717) is 32.1 Å². The minimum atomic E-state index is -2.47. The minimum absolute atomic E-state index is 0.0793. The maximum absolute atomic E-state index is 12.3. The molecule has 72 heavy (non-hydrogen) atoms. The van der Waals surface area contributed by atoms with E-state index in [2.05, 4.69) is 71.6 Å². The summed E-state index contributed by atoms with van der Waals surface area (Å²) in [6.07, 6.45) is 10.1. The summed E-state index contributed by atoms with van der Waals surface area (Å²) in [6, 6.07) is 17.6. The molecule has 14 nitrogen and oxygen atoms in total. The standard InChI is InChI=1S/C21H25ClN2O5.C15H20NO4.C6H5BrClNO.3C4H9.Sn/c1-21(2,3)29-20(27)23-17(19(26)28-5)10-13-6-8-14(9-7-13)16-11-15(22)12-24(4)18(16)25;1-15(2,3)20-14(18)16-12(13(17)19-4)10-11-8-6-5-7-9-11;1-9-3-4(8)2-5(7)6(9)10;3*1-3-4-2;/h6-9,11-12,17H,10H2,1-5H3,(H,23,27);6-9,12H,10H2,1-4H3,(H,16,18);2-3H,1H3;3*1,3-4H2,2H3;. The topological polar surface area (TPSA) is 173 Å². The quantitative estimate of drug-likeness (QED) is 0.0523. The zero-order valence-electron chi connectivity index (χ0n) is 44.5. The SMILES string of the molecule is CCC[CH2][Sn]([CH2]CCC)([CH2]CCC)[c]1ccc(CC(NC(=O)OC(C)(C)C)C(=O)OC)cc1.COC(=O)C(Cc1ccc(-c2cc(Cl)cn(C)c2=O)cc1)NC(=O)OC(C)(C)C.Cn1cc(Cl)cc(Br)c1=O. The van der Waals surface area contributed by atoms with E-state index in [0.717, 1.165) is 11.1 Å². The number of aryl methyl sites for hydroxylation is 2. The van der Waals surface area contributed by atoms with Gasteiger partial charge in [-0.05, 0) is 60.0 Å². The van der Waals surface area contributed by atoms with Crippen LogP contribution in [0.2, 0.25) is 23.4 Å². The van der Waals surface area contributed by atoms with Crippen LogP contribution in [0, 0.1) is 0 Å². The minimum Gasteiger partial charge on any atom is -0.467 e. The Hall–Kier alpha value is -4.32. The van der Waals surface area contributed by atoms with Crippen LogP contribution in [0.15, 0.2) is 87.1 Å². The Morgan fingerprint density at radius 3 is 1.36 bits per heavy atom. The van der Waals surface area contributed by atoms with Gasteiger partial charge in [-0.1, -0.05) is 47.5 Å². The van der Waals surface area contributed by atoms with Gasteiger partial charge in [-0.15, -0.1) is 0 Å². The third-order valence-corrected chi connectivity index (χ3v) is 28.0. The summed E-state index contributed by atoms with van der Waals surface area (Å²) in [4.78, 5) is 72.0. The number of carbonyl (C=O) groups excluding carboxylic acids is 4. The number of nitrogens with one attached hydrogen (secondary N) is 2. The van der Waals surface area contributed by atoms with Crippen LogP contribution in [0.25, 0.3) is 11.1 Å². The first-order valence-electron chi connectivity index (χ1n) is 24.4. The molecular weight excluding hydrogens is 1130 g/mol. The summed E-state index contributed by atoms with van der Waals surface area (Å²) >= 11 is 12.3. The fraction of sp³-hybridized carbons (Fsp3) is 0.519. The van der Waals surface area contributed by atoms with Crippen LogP contribution in [0.3, 0.4) is 0 Å². The maximum atomic E-state index is 12.3. The van der Waals surface area contributed by atoms with E-state index in [1.807, 2.05) is 0 Å². The van der Waals surface area contributed by atoms with Gasteiger partial charge in [0.2, 0.25) is 0 Å². The smallest absolute Gasteiger partial charge is 0.408 e. The predicted molar refractivity (Wildman–Crippen MR) is 295 cm³/mol. The molecule has 2 aromatic carbocycles. The second-order valence-corrected chi connectivity index (χ2v) is 34.7. The number of pyridine rings is 2. The molecule has 2 aromatic heterocycles. The number of nitrogens with zero attached hydrogens (tertiary/aromatic N) is 2. The van der Waals surface area contributed by atoms with Crippen molar-refractivity contribution in [3.8, 4) is 11.1 Å². The fourth-order valence-electron chi connectivity index (χ4n) is 7.72. The van der Waals surface area contributed by atoms with Crippen LogP contribution in [0.4, 0.5) is 9.59 Å². The Labute approximate surface area is 449 Å². The molecule has 0 aliphatic carbocycles. The Morgan fingerprint density at radius 1 is 0.625 bits per heavy atom. The van der Waals surface area contributed by atoms with Crippen LogP contribution in [0.1, 0.15) is 112 Å². The number of carbonyl (C=O) groups is 4. The average molecular weight is 1210 g/mol. The zero-order chi connectivity index (χ0) is 54.4. The maximum Gasteiger partial charge on any atom is 0.408 e. The molecule has 0 aliphatic heterocycles. The molecular formula is C54H77BrCl2N4O10Sn. The van der Waals surface area contributed by atoms with Crippen molar-refractivity contribution < 1.29 is 38.1 Å². The van der Waals surface area contributed by atoms with Crippen molar-refractivity contribution in [2.24, 2.45) is 14.1 Å². The van der Waals surface area contributed by atoms with Gasteiger partial charge in [-0.3, -0.25) is 9.59 Å². The van der Waals surface area contributed by atoms with E-state index in [4.69, 9.17) is 42.1 Å². The molecule has 4 rings (SSSR count). The first-order valence-corrected chi connectivity index (χ1v) is 33.5. The number of ether oxygens (including phenoxy) is 4. The molecule has 2 amide bonds. The van der Waals surface area contributed by atoms with Crippen LogP contribution < -0.4 is 25.3 Å². The van der Waals surface area contributed by atoms with Crippen molar-refractivity contribution in [3.63, 3.8) is 0 Å². The molecule has 0 bridgehead atoms. The Balaban J connectivity index is 0.000000415. The van der Waals surface area contributed by atoms with E-state index in [9.17, 15) is 28.8 Å². The molecule has 2 heterocycles. The number of halogens is 3. The molecule has 0 aliphatic rings. The molecule has 0 saturated carbocycles. The normalized spacial score (nSPS) is 12.2. The van der Waals surface area contributed by atoms with Gasteiger partial charge in [0.1, 0.15) is 11.6 Å². The van der Waals surface area contributed by atoms with Gasteiger partial charge in [-0.2, -0.15) is 0 Å². The van der Waals surface area contributed by atoms with E-state index in [1.54, 1.807) is 108 Å². The van der Waals surface area contributed by atoms with Gasteiger partial charge in [-0.25, -0.2) is 9.59 Å². The fourth-order valence-corrected chi connectivity index (χ4v) is 24.8. The van der Waals surface area contributed by atoms with Crippen LogP contribution in [0.5, 0.6) is 0 Å². The number of alkyl carbamates (subject to hydrolysis) is 2. The van der Waals surface area contributed by atoms with Gasteiger partial charge in [0.15, 0.2) is 0 Å². The van der Waals surface area contributed by atoms with E-state index >= 15 is 0 Å². The van der Waals surface area contributed by atoms with Crippen molar-refractivity contribution >= 4 is 85.2 Å². The number of rotatable bonds is 19. The predicted octanol–water partition coefficient (Wildman–Crippen LogP) is 11.5. The average Bonchev–Trinajstić information content (AvgIpc) is 3.30. The number of aromatic nitrogens is 2. The molecule has 0 radical (unpaired) electrons. The summed E-state index contributed by atoms with van der Waals surface area (Å²) in [7, 11) is 5.88. The summed E-state index contributed by atoms with van der Waals surface area (Å²) < 4.78 is 29.5. The number of hydrogen-bond acceptors (Lipinski definition) is 10. The van der Waals surface area contributed by atoms with Crippen molar-refractivity contribution in [2.45, 2.75) is 150 Å². The van der Waals surface area contributed by atoms with Gasteiger partial charge < -0.3 is 23.9 Å². The van der Waals surface area contributed by atoms with Crippen molar-refractivity contribution in [3.05, 3.63) is 119 Å². The molecule has 398 valence electrons. The molecule has 0 saturated heterocycles. The van der Waals surface area contributed by atoms with Gasteiger partial charge in [0, 0.05) is 38.5 Å². The largest absolute Gasteiger partial charge is 0.467 e. The van der Waals surface area contributed by atoms with E-state index in [-0.39, 0.29) is 17.5 Å². The van der Waals surface area contributed by atoms with E-state index < -0.39 is 65.8 Å².